The van der Waals surface area contributed by atoms with Crippen molar-refractivity contribution in [2.45, 2.75) is 58.8 Å². The van der Waals surface area contributed by atoms with Crippen molar-refractivity contribution in [1.29, 1.82) is 0 Å². The van der Waals surface area contributed by atoms with Crippen LogP contribution in [0.15, 0.2) is 18.2 Å². The highest BCUT2D eigenvalue weighted by Crippen LogP contribution is 2.27. The average Bonchev–Trinajstić information content (AvgIpc) is 2.29. The van der Waals surface area contributed by atoms with Crippen molar-refractivity contribution >= 4 is 0 Å². The summed E-state index contributed by atoms with van der Waals surface area (Å²) in [7, 11) is 0. The molecule has 112 valence electrons. The van der Waals surface area contributed by atoms with E-state index in [1.54, 1.807) is 0 Å². The summed E-state index contributed by atoms with van der Waals surface area (Å²) >= 11 is 0. The highest BCUT2D eigenvalue weighted by molar-refractivity contribution is 5.31. The van der Waals surface area contributed by atoms with Crippen LogP contribution in [0.5, 0.6) is 0 Å². The summed E-state index contributed by atoms with van der Waals surface area (Å²) in [5, 5.41) is 0. The number of hydrogen-bond donors (Lipinski definition) is 0. The van der Waals surface area contributed by atoms with Crippen LogP contribution in [0.2, 0.25) is 0 Å². The van der Waals surface area contributed by atoms with Gasteiger partial charge < -0.3 is 4.74 Å². The van der Waals surface area contributed by atoms with Crippen LogP contribution < -0.4 is 0 Å². The number of ether oxygens (including phenoxy) is 1. The molecule has 0 bridgehead atoms. The van der Waals surface area contributed by atoms with E-state index in [4.69, 9.17) is 4.74 Å². The van der Waals surface area contributed by atoms with Crippen molar-refractivity contribution in [2.24, 2.45) is 0 Å². The van der Waals surface area contributed by atoms with Gasteiger partial charge in [0.05, 0.1) is 12.2 Å². The van der Waals surface area contributed by atoms with E-state index in [1.807, 2.05) is 39.0 Å². The predicted octanol–water partition coefficient (Wildman–Crippen LogP) is 3.73. The third-order valence-corrected chi connectivity index (χ3v) is 3.78. The number of nitrogens with zero attached hydrogens (tertiary/aromatic N) is 1. The van der Waals surface area contributed by atoms with Crippen molar-refractivity contribution in [3.8, 4) is 0 Å². The van der Waals surface area contributed by atoms with Crippen molar-refractivity contribution in [3.05, 3.63) is 35.1 Å². The van der Waals surface area contributed by atoms with Gasteiger partial charge in [-0.2, -0.15) is 0 Å². The van der Waals surface area contributed by atoms with E-state index < -0.39 is 0 Å². The minimum atomic E-state index is -0.161. The van der Waals surface area contributed by atoms with Crippen molar-refractivity contribution in [1.82, 2.24) is 4.90 Å². The molecule has 1 saturated heterocycles. The van der Waals surface area contributed by atoms with Gasteiger partial charge in [-0.3, -0.25) is 4.90 Å². The Hall–Kier alpha value is -0.930. The molecule has 3 heteroatoms. The van der Waals surface area contributed by atoms with Crippen molar-refractivity contribution in [2.75, 3.05) is 13.1 Å². The maximum atomic E-state index is 14.7. The van der Waals surface area contributed by atoms with Gasteiger partial charge in [-0.1, -0.05) is 39.0 Å². The second-order valence-electron chi connectivity index (χ2n) is 6.98. The summed E-state index contributed by atoms with van der Waals surface area (Å²) in [6.07, 6.45) is 0.431. The number of rotatable bonds is 2. The molecule has 0 saturated carbocycles. The first-order valence-corrected chi connectivity index (χ1v) is 7.43. The number of benzene rings is 1. The SMILES string of the molecule is CC1CN(Cc2cccc(C(C)(C)C)c2F)CC(C)O1. The van der Waals surface area contributed by atoms with Gasteiger partial charge in [0.25, 0.3) is 0 Å². The first kappa shape index (κ1) is 15.5. The van der Waals surface area contributed by atoms with Crippen LogP contribution in [0.4, 0.5) is 4.39 Å². The smallest absolute Gasteiger partial charge is 0.131 e. The molecule has 1 heterocycles. The minimum Gasteiger partial charge on any atom is -0.373 e. The summed E-state index contributed by atoms with van der Waals surface area (Å²) in [4.78, 5) is 2.28. The number of morpholine rings is 1. The second-order valence-corrected chi connectivity index (χ2v) is 6.98. The normalized spacial score (nSPS) is 24.9. The summed E-state index contributed by atoms with van der Waals surface area (Å²) in [6.45, 7) is 12.7. The third kappa shape index (κ3) is 3.58. The standard InChI is InChI=1S/C17H26FNO/c1-12-9-19(10-13(2)20-12)11-14-7-6-8-15(16(14)18)17(3,4)5/h6-8,12-13H,9-11H2,1-5H3. The van der Waals surface area contributed by atoms with Crippen LogP contribution in [0.3, 0.4) is 0 Å². The van der Waals surface area contributed by atoms with Crippen LogP contribution in [0, 0.1) is 5.82 Å². The van der Waals surface area contributed by atoms with E-state index >= 15 is 0 Å². The first-order chi connectivity index (χ1) is 9.27. The van der Waals surface area contributed by atoms with Crippen molar-refractivity contribution in [3.63, 3.8) is 0 Å². The highest BCUT2D eigenvalue weighted by atomic mass is 19.1. The van der Waals surface area contributed by atoms with Crippen LogP contribution in [0.25, 0.3) is 0 Å². The Labute approximate surface area is 121 Å². The molecule has 0 radical (unpaired) electrons. The molecule has 1 fully saturated rings. The summed E-state index contributed by atoms with van der Waals surface area (Å²) in [5.74, 6) is -0.0493. The Morgan fingerprint density at radius 1 is 1.20 bits per heavy atom. The van der Waals surface area contributed by atoms with E-state index in [9.17, 15) is 4.39 Å². The Morgan fingerprint density at radius 2 is 1.80 bits per heavy atom. The van der Waals surface area contributed by atoms with Crippen molar-refractivity contribution < 1.29 is 9.13 Å². The highest BCUT2D eigenvalue weighted by Gasteiger charge is 2.25. The van der Waals surface area contributed by atoms with Gasteiger partial charge in [-0.25, -0.2) is 4.39 Å². The third-order valence-electron chi connectivity index (χ3n) is 3.78. The monoisotopic (exact) mass is 279 g/mol. The Morgan fingerprint density at radius 3 is 2.35 bits per heavy atom. The summed E-state index contributed by atoms with van der Waals surface area (Å²) < 4.78 is 20.4. The van der Waals surface area contributed by atoms with Gasteiger partial charge in [0.2, 0.25) is 0 Å². The Bertz CT molecular complexity index is 457. The minimum absolute atomic E-state index is 0.0493. The molecule has 0 amide bonds. The molecule has 1 aliphatic rings. The van der Waals surface area contributed by atoms with Crippen LogP contribution in [-0.4, -0.2) is 30.2 Å². The topological polar surface area (TPSA) is 12.5 Å². The lowest BCUT2D eigenvalue weighted by atomic mass is 9.85. The molecule has 20 heavy (non-hydrogen) atoms. The van der Waals surface area contributed by atoms with E-state index in [0.717, 1.165) is 24.2 Å². The van der Waals surface area contributed by atoms with E-state index in [2.05, 4.69) is 18.7 Å². The molecule has 0 aliphatic carbocycles. The molecule has 1 aromatic carbocycles. The molecular formula is C17H26FNO. The lowest BCUT2D eigenvalue weighted by Gasteiger charge is -2.35. The molecule has 0 N–H and O–H groups in total. The fourth-order valence-electron chi connectivity index (χ4n) is 2.94. The van der Waals surface area contributed by atoms with Gasteiger partial charge >= 0.3 is 0 Å². The molecule has 1 aromatic rings. The lowest BCUT2D eigenvalue weighted by Crippen LogP contribution is -2.45. The molecular weight excluding hydrogens is 253 g/mol. The van der Waals surface area contributed by atoms with Gasteiger partial charge in [0.15, 0.2) is 0 Å². The van der Waals surface area contributed by atoms with E-state index in [-0.39, 0.29) is 23.4 Å². The molecule has 0 aromatic heterocycles. The predicted molar refractivity (Wildman–Crippen MR) is 80.4 cm³/mol. The molecule has 0 spiro atoms. The maximum Gasteiger partial charge on any atom is 0.131 e. The molecule has 2 nitrogen and oxygen atoms in total. The second kappa shape index (κ2) is 5.82. The quantitative estimate of drug-likeness (QED) is 0.818. The number of halogens is 1. The summed E-state index contributed by atoms with van der Waals surface area (Å²) in [6, 6.07) is 5.76. The van der Waals surface area contributed by atoms with E-state index in [1.165, 1.54) is 0 Å². The van der Waals surface area contributed by atoms with Gasteiger partial charge in [0.1, 0.15) is 5.82 Å². The van der Waals surface area contributed by atoms with Gasteiger partial charge in [-0.05, 0) is 24.8 Å². The Balaban J connectivity index is 2.18. The zero-order valence-corrected chi connectivity index (χ0v) is 13.2. The molecule has 2 rings (SSSR count). The number of hydrogen-bond acceptors (Lipinski definition) is 2. The largest absolute Gasteiger partial charge is 0.373 e. The molecule has 2 atom stereocenters. The van der Waals surface area contributed by atoms with Crippen LogP contribution in [0.1, 0.15) is 45.7 Å². The Kier molecular flexibility index (Phi) is 4.50. The lowest BCUT2D eigenvalue weighted by molar-refractivity contribution is -0.0707. The van der Waals surface area contributed by atoms with Gasteiger partial charge in [0, 0.05) is 25.2 Å². The fraction of sp³-hybridized carbons (Fsp3) is 0.647. The molecule has 1 aliphatic heterocycles. The van der Waals surface area contributed by atoms with Gasteiger partial charge in [-0.15, -0.1) is 0 Å². The maximum absolute atomic E-state index is 14.7. The van der Waals surface area contributed by atoms with E-state index in [0.29, 0.717) is 6.54 Å². The fourth-order valence-corrected chi connectivity index (χ4v) is 2.94. The zero-order chi connectivity index (χ0) is 14.9. The first-order valence-electron chi connectivity index (χ1n) is 7.43. The van der Waals surface area contributed by atoms with Crippen LogP contribution in [-0.2, 0) is 16.7 Å². The average molecular weight is 279 g/mol. The zero-order valence-electron chi connectivity index (χ0n) is 13.2. The molecule has 2 unspecified atom stereocenters. The van der Waals surface area contributed by atoms with Crippen LogP contribution >= 0.6 is 0 Å². The summed E-state index contributed by atoms with van der Waals surface area (Å²) in [5.41, 5.74) is 1.43.